The minimum absolute atomic E-state index is 0.0409. The molecule has 1 fully saturated rings. The normalized spacial score (nSPS) is 14.3. The zero-order chi connectivity index (χ0) is 24.5. The first-order valence-corrected chi connectivity index (χ1v) is 11.1. The van der Waals surface area contributed by atoms with Crippen LogP contribution in [0, 0.1) is 13.8 Å². The van der Waals surface area contributed by atoms with Gasteiger partial charge in [-0.25, -0.2) is 4.79 Å². The van der Waals surface area contributed by atoms with Gasteiger partial charge in [0.2, 0.25) is 0 Å². The molecular weight excluding hydrogens is 467 g/mol. The molecule has 2 aromatic carbocycles. The summed E-state index contributed by atoms with van der Waals surface area (Å²) >= 11 is 5.98. The van der Waals surface area contributed by atoms with Crippen molar-refractivity contribution in [3.63, 3.8) is 0 Å². The summed E-state index contributed by atoms with van der Waals surface area (Å²) in [6.07, 6.45) is -4.52. The molecular formula is C24H23ClF3N5O. The number of anilines is 2. The Bertz CT molecular complexity index is 1190. The zero-order valence-electron chi connectivity index (χ0n) is 18.7. The highest BCUT2D eigenvalue weighted by Crippen LogP contribution is 2.34. The monoisotopic (exact) mass is 489 g/mol. The Hall–Kier alpha value is -3.33. The zero-order valence-corrected chi connectivity index (χ0v) is 19.4. The summed E-state index contributed by atoms with van der Waals surface area (Å²) in [5.74, 6) is 0.702. The van der Waals surface area contributed by atoms with Crippen LogP contribution in [0.5, 0.6) is 0 Å². The molecule has 0 unspecified atom stereocenters. The molecule has 34 heavy (non-hydrogen) atoms. The highest BCUT2D eigenvalue weighted by Gasteiger charge is 2.31. The lowest BCUT2D eigenvalue weighted by atomic mass is 10.0. The molecule has 0 spiro atoms. The number of carbonyl (C=O) groups excluding carboxylic acids is 1. The van der Waals surface area contributed by atoms with E-state index in [-0.39, 0.29) is 10.7 Å². The Morgan fingerprint density at radius 1 is 0.941 bits per heavy atom. The van der Waals surface area contributed by atoms with Gasteiger partial charge in [-0.1, -0.05) is 23.7 Å². The van der Waals surface area contributed by atoms with Crippen LogP contribution in [0.2, 0.25) is 5.02 Å². The quantitative estimate of drug-likeness (QED) is 0.506. The van der Waals surface area contributed by atoms with E-state index < -0.39 is 17.8 Å². The van der Waals surface area contributed by atoms with Crippen LogP contribution in [0.4, 0.5) is 29.5 Å². The van der Waals surface area contributed by atoms with Gasteiger partial charge in [-0.15, -0.1) is 10.2 Å². The molecule has 10 heteroatoms. The lowest BCUT2D eigenvalue weighted by molar-refractivity contribution is -0.137. The number of alkyl halides is 3. The molecule has 1 aliphatic heterocycles. The summed E-state index contributed by atoms with van der Waals surface area (Å²) in [4.78, 5) is 16.1. The third kappa shape index (κ3) is 5.25. The summed E-state index contributed by atoms with van der Waals surface area (Å²) < 4.78 is 38.9. The summed E-state index contributed by atoms with van der Waals surface area (Å²) in [6, 6.07) is 12.3. The van der Waals surface area contributed by atoms with Crippen molar-refractivity contribution in [1.29, 1.82) is 0 Å². The van der Waals surface area contributed by atoms with Crippen LogP contribution < -0.4 is 10.2 Å². The van der Waals surface area contributed by atoms with Gasteiger partial charge in [0.25, 0.3) is 0 Å². The number of nitrogens with zero attached hydrogens (tertiary/aromatic N) is 4. The molecule has 0 aliphatic carbocycles. The molecule has 3 aromatic rings. The fourth-order valence-electron chi connectivity index (χ4n) is 3.68. The molecule has 4 rings (SSSR count). The van der Waals surface area contributed by atoms with Crippen molar-refractivity contribution >= 4 is 29.1 Å². The summed E-state index contributed by atoms with van der Waals surface area (Å²) in [7, 11) is 0. The number of halogens is 4. The second kappa shape index (κ2) is 9.50. The van der Waals surface area contributed by atoms with E-state index in [0.717, 1.165) is 29.5 Å². The van der Waals surface area contributed by atoms with Gasteiger partial charge in [-0.05, 0) is 61.4 Å². The van der Waals surface area contributed by atoms with Crippen LogP contribution >= 0.6 is 11.6 Å². The van der Waals surface area contributed by atoms with Gasteiger partial charge in [-0.2, -0.15) is 13.2 Å². The fourth-order valence-corrected chi connectivity index (χ4v) is 3.84. The molecule has 2 amide bonds. The Balaban J connectivity index is 1.37. The molecule has 0 bridgehead atoms. The smallest absolute Gasteiger partial charge is 0.352 e. The minimum atomic E-state index is -4.52. The SMILES string of the molecule is Cc1ccc(-c2ccc(N3CCN(C(=O)Nc4cc(C(F)(F)F)ccc4Cl)CC3)nn2)cc1C. The third-order valence-electron chi connectivity index (χ3n) is 5.88. The van der Waals surface area contributed by atoms with E-state index in [4.69, 9.17) is 11.6 Å². The minimum Gasteiger partial charge on any atom is -0.352 e. The molecule has 0 radical (unpaired) electrons. The predicted octanol–water partition coefficient (Wildman–Crippen LogP) is 5.79. The van der Waals surface area contributed by atoms with E-state index in [1.807, 2.05) is 23.1 Å². The first-order chi connectivity index (χ1) is 16.1. The van der Waals surface area contributed by atoms with Crippen molar-refractivity contribution in [2.45, 2.75) is 20.0 Å². The number of urea groups is 1. The van der Waals surface area contributed by atoms with E-state index in [1.54, 1.807) is 0 Å². The largest absolute Gasteiger partial charge is 0.416 e. The van der Waals surface area contributed by atoms with Crippen LogP contribution in [-0.4, -0.2) is 47.3 Å². The number of carbonyl (C=O) groups is 1. The second-order valence-electron chi connectivity index (χ2n) is 8.17. The van der Waals surface area contributed by atoms with Crippen molar-refractivity contribution in [2.24, 2.45) is 0 Å². The van der Waals surface area contributed by atoms with E-state index >= 15 is 0 Å². The number of hydrogen-bond donors (Lipinski definition) is 1. The number of piperazine rings is 1. The molecule has 0 saturated carbocycles. The summed E-state index contributed by atoms with van der Waals surface area (Å²) in [5, 5.41) is 11.2. The number of aromatic nitrogens is 2. The Morgan fingerprint density at radius 2 is 1.68 bits per heavy atom. The Kier molecular flexibility index (Phi) is 6.65. The number of amides is 2. The Morgan fingerprint density at radius 3 is 2.29 bits per heavy atom. The first-order valence-electron chi connectivity index (χ1n) is 10.7. The molecule has 1 aliphatic rings. The second-order valence-corrected chi connectivity index (χ2v) is 8.58. The molecule has 1 aromatic heterocycles. The molecule has 0 atom stereocenters. The maximum Gasteiger partial charge on any atom is 0.416 e. The highest BCUT2D eigenvalue weighted by atomic mass is 35.5. The average Bonchev–Trinajstić information content (AvgIpc) is 2.82. The number of rotatable bonds is 3. The van der Waals surface area contributed by atoms with Crippen molar-refractivity contribution < 1.29 is 18.0 Å². The van der Waals surface area contributed by atoms with Gasteiger partial charge in [0, 0.05) is 31.7 Å². The molecule has 1 saturated heterocycles. The van der Waals surface area contributed by atoms with E-state index in [1.165, 1.54) is 16.0 Å². The lowest BCUT2D eigenvalue weighted by Crippen LogP contribution is -2.50. The molecule has 6 nitrogen and oxygen atoms in total. The Labute approximate surface area is 200 Å². The standard InChI is InChI=1S/C24H23ClF3N5O/c1-15-3-4-17(13-16(15)2)20-7-8-22(31-30-20)32-9-11-33(12-10-32)23(34)29-21-14-18(24(26,27)28)5-6-19(21)25/h3-8,13-14H,9-12H2,1-2H3,(H,29,34). The maximum absolute atomic E-state index is 13.0. The van der Waals surface area contributed by atoms with Crippen molar-refractivity contribution in [2.75, 3.05) is 36.4 Å². The third-order valence-corrected chi connectivity index (χ3v) is 6.21. The summed E-state index contributed by atoms with van der Waals surface area (Å²) in [5.41, 5.74) is 3.23. The van der Waals surface area contributed by atoms with Crippen LogP contribution in [0.1, 0.15) is 16.7 Å². The topological polar surface area (TPSA) is 61.4 Å². The maximum atomic E-state index is 13.0. The number of hydrogen-bond acceptors (Lipinski definition) is 4. The van der Waals surface area contributed by atoms with Crippen molar-refractivity contribution in [3.8, 4) is 11.3 Å². The summed E-state index contributed by atoms with van der Waals surface area (Å²) in [6.45, 7) is 5.90. The van der Waals surface area contributed by atoms with Crippen LogP contribution in [-0.2, 0) is 6.18 Å². The van der Waals surface area contributed by atoms with Gasteiger partial charge < -0.3 is 15.1 Å². The van der Waals surface area contributed by atoms with Crippen molar-refractivity contribution in [3.05, 3.63) is 70.2 Å². The van der Waals surface area contributed by atoms with Crippen LogP contribution in [0.3, 0.4) is 0 Å². The van der Waals surface area contributed by atoms with Crippen molar-refractivity contribution in [1.82, 2.24) is 15.1 Å². The predicted molar refractivity (Wildman–Crippen MR) is 126 cm³/mol. The number of aryl methyl sites for hydroxylation is 2. The van der Waals surface area contributed by atoms with E-state index in [2.05, 4.69) is 41.5 Å². The van der Waals surface area contributed by atoms with E-state index in [0.29, 0.717) is 32.0 Å². The first kappa shape index (κ1) is 23.8. The highest BCUT2D eigenvalue weighted by molar-refractivity contribution is 6.33. The van der Waals surface area contributed by atoms with Gasteiger partial charge in [-0.3, -0.25) is 0 Å². The number of benzene rings is 2. The molecule has 1 N–H and O–H groups in total. The van der Waals surface area contributed by atoms with Gasteiger partial charge in [0.05, 0.1) is 22.0 Å². The van der Waals surface area contributed by atoms with Gasteiger partial charge in [0.15, 0.2) is 5.82 Å². The van der Waals surface area contributed by atoms with Crippen LogP contribution in [0.15, 0.2) is 48.5 Å². The average molecular weight is 490 g/mol. The molecule has 2 heterocycles. The molecule has 178 valence electrons. The van der Waals surface area contributed by atoms with Gasteiger partial charge >= 0.3 is 12.2 Å². The van der Waals surface area contributed by atoms with Crippen LogP contribution in [0.25, 0.3) is 11.3 Å². The number of nitrogens with one attached hydrogen (secondary N) is 1. The van der Waals surface area contributed by atoms with Gasteiger partial charge in [0.1, 0.15) is 0 Å². The lowest BCUT2D eigenvalue weighted by Gasteiger charge is -2.35. The fraction of sp³-hybridized carbons (Fsp3) is 0.292. The van der Waals surface area contributed by atoms with E-state index in [9.17, 15) is 18.0 Å².